The van der Waals surface area contributed by atoms with Crippen LogP contribution in [0.25, 0.3) is 0 Å². The topological polar surface area (TPSA) is 66.5 Å². The van der Waals surface area contributed by atoms with E-state index >= 15 is 0 Å². The first-order valence-corrected chi connectivity index (χ1v) is 9.18. The molecule has 0 unspecified atom stereocenters. The number of aryl methyl sites for hydroxylation is 1. The second-order valence-corrected chi connectivity index (χ2v) is 8.10. The Morgan fingerprint density at radius 3 is 2.52 bits per heavy atom. The van der Waals surface area contributed by atoms with Gasteiger partial charge >= 0.3 is 6.03 Å². The van der Waals surface area contributed by atoms with Gasteiger partial charge in [0.2, 0.25) is 0 Å². The lowest BCUT2D eigenvalue weighted by Gasteiger charge is -2.31. The molecule has 2 aliphatic rings. The predicted octanol–water partition coefficient (Wildman–Crippen LogP) is 0.984. The summed E-state index contributed by atoms with van der Waals surface area (Å²) in [5.74, 6) is 0.155. The molecule has 0 radical (unpaired) electrons. The molecule has 0 spiro atoms. The zero-order chi connectivity index (χ0) is 14.9. The quantitative estimate of drug-likeness (QED) is 0.841. The summed E-state index contributed by atoms with van der Waals surface area (Å²) in [4.78, 5) is 13.8. The van der Waals surface area contributed by atoms with Crippen molar-refractivity contribution in [3.05, 3.63) is 35.4 Å². The van der Waals surface area contributed by atoms with Crippen LogP contribution < -0.4 is 5.32 Å². The van der Waals surface area contributed by atoms with Gasteiger partial charge in [0.25, 0.3) is 0 Å². The van der Waals surface area contributed by atoms with Gasteiger partial charge in [0, 0.05) is 19.1 Å². The average molecular weight is 308 g/mol. The van der Waals surface area contributed by atoms with Crippen molar-refractivity contribution >= 4 is 15.9 Å². The fourth-order valence-electron chi connectivity index (χ4n) is 3.00. The maximum atomic E-state index is 12.2. The molecule has 1 aromatic rings. The lowest BCUT2D eigenvalue weighted by Crippen LogP contribution is -2.51. The highest BCUT2D eigenvalue weighted by atomic mass is 32.2. The third-order valence-corrected chi connectivity index (χ3v) is 5.92. The summed E-state index contributed by atoms with van der Waals surface area (Å²) in [6.45, 7) is 0.606. The van der Waals surface area contributed by atoms with Gasteiger partial charge in [-0.15, -0.1) is 0 Å². The Morgan fingerprint density at radius 1 is 1.14 bits per heavy atom. The summed E-state index contributed by atoms with van der Waals surface area (Å²) in [6.07, 6.45) is 2.78. The number of benzene rings is 1. The highest BCUT2D eigenvalue weighted by Gasteiger charge is 2.27. The molecule has 6 heteroatoms. The summed E-state index contributed by atoms with van der Waals surface area (Å²) in [7, 11) is -2.94. The van der Waals surface area contributed by atoms with Crippen molar-refractivity contribution in [2.45, 2.75) is 25.3 Å². The summed E-state index contributed by atoms with van der Waals surface area (Å²) < 4.78 is 22.8. The van der Waals surface area contributed by atoms with Crippen LogP contribution >= 0.6 is 0 Å². The maximum Gasteiger partial charge on any atom is 0.317 e. The number of urea groups is 1. The van der Waals surface area contributed by atoms with Crippen molar-refractivity contribution in [1.29, 1.82) is 0 Å². The molecule has 2 amide bonds. The van der Waals surface area contributed by atoms with Gasteiger partial charge in [-0.1, -0.05) is 24.3 Å². The van der Waals surface area contributed by atoms with E-state index in [0.29, 0.717) is 13.1 Å². The second-order valence-electron chi connectivity index (χ2n) is 5.80. The van der Waals surface area contributed by atoms with E-state index in [1.54, 1.807) is 4.90 Å². The zero-order valence-electron chi connectivity index (χ0n) is 11.9. The van der Waals surface area contributed by atoms with Gasteiger partial charge in [0.05, 0.1) is 11.5 Å². The van der Waals surface area contributed by atoms with Crippen LogP contribution in [0.3, 0.4) is 0 Å². The number of hydrogen-bond acceptors (Lipinski definition) is 3. The van der Waals surface area contributed by atoms with Crippen LogP contribution in [0.5, 0.6) is 0 Å². The van der Waals surface area contributed by atoms with Gasteiger partial charge < -0.3 is 10.2 Å². The van der Waals surface area contributed by atoms with Gasteiger partial charge in [0.15, 0.2) is 9.84 Å². The number of fused-ring (bicyclic) bond motifs is 1. The van der Waals surface area contributed by atoms with Crippen molar-refractivity contribution in [3.63, 3.8) is 0 Å². The molecule has 21 heavy (non-hydrogen) atoms. The van der Waals surface area contributed by atoms with E-state index < -0.39 is 9.84 Å². The molecule has 3 rings (SSSR count). The molecule has 5 nitrogen and oxygen atoms in total. The molecular weight excluding hydrogens is 288 g/mol. The Morgan fingerprint density at radius 2 is 1.81 bits per heavy atom. The van der Waals surface area contributed by atoms with E-state index in [1.807, 2.05) is 12.1 Å². The monoisotopic (exact) mass is 308 g/mol. The molecule has 1 fully saturated rings. The van der Waals surface area contributed by atoms with E-state index in [-0.39, 0.29) is 23.6 Å². The first-order chi connectivity index (χ1) is 10.0. The molecule has 1 aliphatic carbocycles. The molecule has 0 saturated carbocycles. The normalized spacial score (nSPS) is 24.2. The Hall–Kier alpha value is -1.56. The Labute approximate surface area is 125 Å². The SMILES string of the molecule is O=C(N[C@@H]1CCc2ccccc2C1)N1CCS(=O)(=O)CC1. The highest BCUT2D eigenvalue weighted by Crippen LogP contribution is 2.21. The Balaban J connectivity index is 1.57. The molecule has 1 atom stereocenters. The third-order valence-electron chi connectivity index (χ3n) is 4.31. The summed E-state index contributed by atoms with van der Waals surface area (Å²) in [5.41, 5.74) is 2.67. The third kappa shape index (κ3) is 3.37. The number of carbonyl (C=O) groups excluding carboxylic acids is 1. The van der Waals surface area contributed by atoms with Crippen molar-refractivity contribution in [3.8, 4) is 0 Å². The van der Waals surface area contributed by atoms with Gasteiger partial charge in [-0.25, -0.2) is 13.2 Å². The molecule has 1 N–H and O–H groups in total. The van der Waals surface area contributed by atoms with Crippen LogP contribution in [-0.4, -0.2) is 50.0 Å². The number of amides is 2. The minimum Gasteiger partial charge on any atom is -0.335 e. The summed E-state index contributed by atoms with van der Waals surface area (Å²) >= 11 is 0. The van der Waals surface area contributed by atoms with Gasteiger partial charge in [0.1, 0.15) is 0 Å². The maximum absolute atomic E-state index is 12.2. The van der Waals surface area contributed by atoms with Gasteiger partial charge in [-0.05, 0) is 30.4 Å². The van der Waals surface area contributed by atoms with E-state index in [2.05, 4.69) is 17.4 Å². The predicted molar refractivity (Wildman–Crippen MR) is 81.0 cm³/mol. The lowest BCUT2D eigenvalue weighted by molar-refractivity contribution is 0.196. The number of sulfone groups is 1. The minimum atomic E-state index is -2.94. The van der Waals surface area contributed by atoms with E-state index in [1.165, 1.54) is 11.1 Å². The molecule has 1 aliphatic heterocycles. The van der Waals surface area contributed by atoms with Crippen LogP contribution in [0.1, 0.15) is 17.5 Å². The number of carbonyl (C=O) groups is 1. The number of nitrogens with zero attached hydrogens (tertiary/aromatic N) is 1. The van der Waals surface area contributed by atoms with E-state index in [0.717, 1.165) is 19.3 Å². The van der Waals surface area contributed by atoms with Gasteiger partial charge in [-0.3, -0.25) is 0 Å². The molecule has 0 bridgehead atoms. The smallest absolute Gasteiger partial charge is 0.317 e. The van der Waals surface area contributed by atoms with Crippen LogP contribution in [0.15, 0.2) is 24.3 Å². The van der Waals surface area contributed by atoms with Gasteiger partial charge in [-0.2, -0.15) is 0 Å². The average Bonchev–Trinajstić information content (AvgIpc) is 2.47. The van der Waals surface area contributed by atoms with Crippen molar-refractivity contribution in [1.82, 2.24) is 10.2 Å². The molecule has 1 heterocycles. The lowest BCUT2D eigenvalue weighted by atomic mass is 9.88. The summed E-state index contributed by atoms with van der Waals surface area (Å²) in [6, 6.07) is 8.34. The van der Waals surface area contributed by atoms with Crippen LogP contribution in [0.2, 0.25) is 0 Å². The first kappa shape index (κ1) is 14.4. The molecule has 0 aromatic heterocycles. The minimum absolute atomic E-state index is 0.0773. The second kappa shape index (κ2) is 5.67. The van der Waals surface area contributed by atoms with E-state index in [4.69, 9.17) is 0 Å². The molecule has 1 saturated heterocycles. The van der Waals surface area contributed by atoms with Crippen molar-refractivity contribution < 1.29 is 13.2 Å². The number of rotatable bonds is 1. The van der Waals surface area contributed by atoms with E-state index in [9.17, 15) is 13.2 Å². The summed E-state index contributed by atoms with van der Waals surface area (Å²) in [5, 5.41) is 3.05. The highest BCUT2D eigenvalue weighted by molar-refractivity contribution is 7.91. The molecule has 114 valence electrons. The number of nitrogens with one attached hydrogen (secondary N) is 1. The van der Waals surface area contributed by atoms with Crippen LogP contribution in [0, 0.1) is 0 Å². The van der Waals surface area contributed by atoms with Crippen molar-refractivity contribution in [2.24, 2.45) is 0 Å². The van der Waals surface area contributed by atoms with Crippen molar-refractivity contribution in [2.75, 3.05) is 24.6 Å². The Bertz CT molecular complexity index is 628. The Kier molecular flexibility index (Phi) is 3.89. The fourth-order valence-corrected chi connectivity index (χ4v) is 4.20. The van der Waals surface area contributed by atoms with Crippen LogP contribution in [-0.2, 0) is 22.7 Å². The molecule has 1 aromatic carbocycles. The molecular formula is C15H20N2O3S. The zero-order valence-corrected chi connectivity index (χ0v) is 12.7. The first-order valence-electron chi connectivity index (χ1n) is 7.36. The largest absolute Gasteiger partial charge is 0.335 e. The number of hydrogen-bond donors (Lipinski definition) is 1. The fraction of sp³-hybridized carbons (Fsp3) is 0.533. The standard InChI is InChI=1S/C15H20N2O3S/c18-15(17-7-9-21(19,20)10-8-17)16-14-6-5-12-3-1-2-4-13(12)11-14/h1-4,14H,5-11H2,(H,16,18)/t14-/m1/s1. The van der Waals surface area contributed by atoms with Crippen LogP contribution in [0.4, 0.5) is 4.79 Å².